The first-order valence-electron chi connectivity index (χ1n) is 9.73. The third kappa shape index (κ3) is 5.05. The second-order valence-corrected chi connectivity index (χ2v) is 7.97. The van der Waals surface area contributed by atoms with Crippen LogP contribution in [-0.2, 0) is 11.3 Å². The molecular formula is C22H24N4O2S. The maximum atomic E-state index is 12.8. The van der Waals surface area contributed by atoms with Gasteiger partial charge in [0.05, 0.1) is 12.2 Å². The van der Waals surface area contributed by atoms with Crippen molar-refractivity contribution in [3.8, 4) is 11.3 Å². The molecule has 0 radical (unpaired) electrons. The summed E-state index contributed by atoms with van der Waals surface area (Å²) in [6, 6.07) is 11.5. The minimum absolute atomic E-state index is 0.0140. The minimum Gasteiger partial charge on any atom is -0.464 e. The minimum atomic E-state index is -0.0140. The Morgan fingerprint density at radius 2 is 2.03 bits per heavy atom. The molecule has 150 valence electrons. The predicted molar refractivity (Wildman–Crippen MR) is 115 cm³/mol. The van der Waals surface area contributed by atoms with Crippen LogP contribution in [0.25, 0.3) is 11.3 Å². The zero-order chi connectivity index (χ0) is 20.1. The van der Waals surface area contributed by atoms with Gasteiger partial charge in [0.1, 0.15) is 5.76 Å². The fourth-order valence-electron chi connectivity index (χ4n) is 3.61. The lowest BCUT2D eigenvalue weighted by Gasteiger charge is -2.31. The summed E-state index contributed by atoms with van der Waals surface area (Å²) >= 11 is 1.53. The Kier molecular flexibility index (Phi) is 6.27. The number of benzene rings is 1. The Morgan fingerprint density at radius 3 is 2.72 bits per heavy atom. The first kappa shape index (κ1) is 19.7. The van der Waals surface area contributed by atoms with E-state index in [4.69, 9.17) is 4.42 Å². The SMILES string of the molecule is CSc1ncc(CN2CCC[C@@H](C(=O)Nc3ccc(-c4ccco4)cc3)C2)cn1. The van der Waals surface area contributed by atoms with Crippen LogP contribution in [0.15, 0.2) is 64.6 Å². The first-order chi connectivity index (χ1) is 14.2. The second kappa shape index (κ2) is 9.24. The summed E-state index contributed by atoms with van der Waals surface area (Å²) < 4.78 is 5.41. The van der Waals surface area contributed by atoms with Crippen molar-refractivity contribution in [1.29, 1.82) is 0 Å². The van der Waals surface area contributed by atoms with E-state index in [9.17, 15) is 4.79 Å². The molecule has 1 aliphatic heterocycles. The maximum Gasteiger partial charge on any atom is 0.228 e. The van der Waals surface area contributed by atoms with E-state index in [2.05, 4.69) is 20.2 Å². The molecule has 1 aliphatic rings. The van der Waals surface area contributed by atoms with E-state index >= 15 is 0 Å². The molecule has 2 aromatic heterocycles. The molecule has 0 spiro atoms. The van der Waals surface area contributed by atoms with Gasteiger partial charge in [0, 0.05) is 42.3 Å². The number of furan rings is 1. The first-order valence-corrected chi connectivity index (χ1v) is 11.0. The lowest BCUT2D eigenvalue weighted by Crippen LogP contribution is -2.40. The number of rotatable bonds is 6. The second-order valence-electron chi connectivity index (χ2n) is 7.20. The van der Waals surface area contributed by atoms with Gasteiger partial charge in [-0.3, -0.25) is 9.69 Å². The number of likely N-dealkylation sites (tertiary alicyclic amines) is 1. The fourth-order valence-corrected chi connectivity index (χ4v) is 3.92. The van der Waals surface area contributed by atoms with Crippen LogP contribution in [0, 0.1) is 5.92 Å². The molecule has 6 nitrogen and oxygen atoms in total. The van der Waals surface area contributed by atoms with E-state index in [1.807, 2.05) is 55.0 Å². The van der Waals surface area contributed by atoms with Gasteiger partial charge >= 0.3 is 0 Å². The van der Waals surface area contributed by atoms with Crippen molar-refractivity contribution in [3.63, 3.8) is 0 Å². The Morgan fingerprint density at radius 1 is 1.24 bits per heavy atom. The van der Waals surface area contributed by atoms with Crippen LogP contribution in [0.2, 0.25) is 0 Å². The molecule has 0 unspecified atom stereocenters. The predicted octanol–water partition coefficient (Wildman–Crippen LogP) is 4.31. The van der Waals surface area contributed by atoms with Gasteiger partial charge in [-0.25, -0.2) is 9.97 Å². The highest BCUT2D eigenvalue weighted by molar-refractivity contribution is 7.98. The van der Waals surface area contributed by atoms with Crippen LogP contribution in [0.5, 0.6) is 0 Å². The molecule has 1 aromatic carbocycles. The Balaban J connectivity index is 1.33. The van der Waals surface area contributed by atoms with Gasteiger partial charge in [-0.15, -0.1) is 0 Å². The fraction of sp³-hybridized carbons (Fsp3) is 0.318. The molecular weight excluding hydrogens is 384 g/mol. The highest BCUT2D eigenvalue weighted by Gasteiger charge is 2.26. The largest absolute Gasteiger partial charge is 0.464 e. The number of nitrogens with zero attached hydrogens (tertiary/aromatic N) is 3. The molecule has 1 fully saturated rings. The van der Waals surface area contributed by atoms with Crippen LogP contribution in [0.4, 0.5) is 5.69 Å². The van der Waals surface area contributed by atoms with E-state index in [-0.39, 0.29) is 11.8 Å². The van der Waals surface area contributed by atoms with E-state index in [0.717, 1.165) is 60.2 Å². The quantitative estimate of drug-likeness (QED) is 0.484. The van der Waals surface area contributed by atoms with Crippen molar-refractivity contribution in [2.45, 2.75) is 24.5 Å². The molecule has 4 rings (SSSR count). The van der Waals surface area contributed by atoms with E-state index in [1.165, 1.54) is 11.8 Å². The molecule has 1 atom stereocenters. The van der Waals surface area contributed by atoms with Gasteiger partial charge in [-0.1, -0.05) is 11.8 Å². The van der Waals surface area contributed by atoms with Crippen LogP contribution >= 0.6 is 11.8 Å². The standard InChI is InChI=1S/C22H24N4O2S/c1-29-22-23-12-16(13-24-22)14-26-10-2-4-18(15-26)21(27)25-19-8-6-17(7-9-19)20-5-3-11-28-20/h3,5-9,11-13,18H,2,4,10,14-15H2,1H3,(H,25,27)/t18-/m1/s1. The highest BCUT2D eigenvalue weighted by Crippen LogP contribution is 2.24. The maximum absolute atomic E-state index is 12.8. The summed E-state index contributed by atoms with van der Waals surface area (Å²) in [6.07, 6.45) is 9.30. The lowest BCUT2D eigenvalue weighted by molar-refractivity contribution is -0.121. The van der Waals surface area contributed by atoms with E-state index in [0.29, 0.717) is 0 Å². The average molecular weight is 409 g/mol. The van der Waals surface area contributed by atoms with E-state index < -0.39 is 0 Å². The van der Waals surface area contributed by atoms with Crippen LogP contribution in [-0.4, -0.2) is 40.1 Å². The summed E-state index contributed by atoms with van der Waals surface area (Å²) in [5.41, 5.74) is 2.88. The molecule has 0 bridgehead atoms. The average Bonchev–Trinajstić information content (AvgIpc) is 3.30. The summed E-state index contributed by atoms with van der Waals surface area (Å²) in [7, 11) is 0. The number of amides is 1. The number of hydrogen-bond donors (Lipinski definition) is 1. The summed E-state index contributed by atoms with van der Waals surface area (Å²) in [4.78, 5) is 23.8. The molecule has 1 saturated heterocycles. The molecule has 0 saturated carbocycles. The third-order valence-corrected chi connectivity index (χ3v) is 5.68. The van der Waals surface area contributed by atoms with Gasteiger partial charge in [0.2, 0.25) is 5.91 Å². The number of nitrogens with one attached hydrogen (secondary N) is 1. The van der Waals surface area contributed by atoms with Crippen LogP contribution in [0.3, 0.4) is 0 Å². The van der Waals surface area contributed by atoms with Crippen molar-refractivity contribution in [2.75, 3.05) is 24.7 Å². The highest BCUT2D eigenvalue weighted by atomic mass is 32.2. The number of hydrogen-bond acceptors (Lipinski definition) is 6. The Hall–Kier alpha value is -2.64. The molecule has 3 aromatic rings. The van der Waals surface area contributed by atoms with Crippen LogP contribution in [0.1, 0.15) is 18.4 Å². The number of carbonyl (C=O) groups excluding carboxylic acids is 1. The zero-order valence-corrected chi connectivity index (χ0v) is 17.2. The van der Waals surface area contributed by atoms with Crippen molar-refractivity contribution in [3.05, 3.63) is 60.6 Å². The van der Waals surface area contributed by atoms with Crippen LogP contribution < -0.4 is 5.32 Å². The molecule has 0 aliphatic carbocycles. The smallest absolute Gasteiger partial charge is 0.228 e. The van der Waals surface area contributed by atoms with Gasteiger partial charge < -0.3 is 9.73 Å². The van der Waals surface area contributed by atoms with Crippen molar-refractivity contribution < 1.29 is 9.21 Å². The van der Waals surface area contributed by atoms with Gasteiger partial charge in [0.25, 0.3) is 0 Å². The number of aromatic nitrogens is 2. The number of thioether (sulfide) groups is 1. The van der Waals surface area contributed by atoms with Crippen molar-refractivity contribution in [1.82, 2.24) is 14.9 Å². The third-order valence-electron chi connectivity index (χ3n) is 5.10. The van der Waals surface area contributed by atoms with Crippen molar-refractivity contribution in [2.24, 2.45) is 5.92 Å². The molecule has 1 N–H and O–H groups in total. The summed E-state index contributed by atoms with van der Waals surface area (Å²) in [6.45, 7) is 2.52. The normalized spacial score (nSPS) is 17.2. The zero-order valence-electron chi connectivity index (χ0n) is 16.4. The Labute approximate surface area is 174 Å². The number of carbonyl (C=O) groups is 1. The molecule has 7 heteroatoms. The molecule has 1 amide bonds. The number of anilines is 1. The van der Waals surface area contributed by atoms with Gasteiger partial charge in [0.15, 0.2) is 5.16 Å². The van der Waals surface area contributed by atoms with Gasteiger partial charge in [-0.2, -0.15) is 0 Å². The monoisotopic (exact) mass is 408 g/mol. The lowest BCUT2D eigenvalue weighted by atomic mass is 9.96. The molecule has 29 heavy (non-hydrogen) atoms. The summed E-state index contributed by atoms with van der Waals surface area (Å²) in [5, 5.41) is 3.84. The summed E-state index contributed by atoms with van der Waals surface area (Å²) in [5.74, 6) is 0.884. The topological polar surface area (TPSA) is 71.3 Å². The van der Waals surface area contributed by atoms with E-state index in [1.54, 1.807) is 6.26 Å². The Bertz CT molecular complexity index is 926. The van der Waals surface area contributed by atoms with Crippen molar-refractivity contribution >= 4 is 23.4 Å². The number of piperidine rings is 1. The van der Waals surface area contributed by atoms with Gasteiger partial charge in [-0.05, 0) is 62.0 Å². The molecule has 3 heterocycles.